The minimum Gasteiger partial charge on any atom is -0.486 e. The van der Waals surface area contributed by atoms with Gasteiger partial charge in [-0.15, -0.1) is 0 Å². The Morgan fingerprint density at radius 2 is 1.97 bits per heavy atom. The first-order chi connectivity index (χ1) is 13.6. The lowest BCUT2D eigenvalue weighted by atomic mass is 10.1. The molecule has 3 aliphatic rings. The van der Waals surface area contributed by atoms with Gasteiger partial charge < -0.3 is 14.6 Å². The van der Waals surface area contributed by atoms with Gasteiger partial charge in [0.1, 0.15) is 18.0 Å². The number of aromatic nitrogens is 1. The van der Waals surface area contributed by atoms with Gasteiger partial charge in [0.2, 0.25) is 10.0 Å². The Morgan fingerprint density at radius 3 is 2.52 bits per heavy atom. The van der Waals surface area contributed by atoms with Crippen molar-refractivity contribution in [3.63, 3.8) is 0 Å². The first-order valence-corrected chi connectivity index (χ1v) is 10.6. The van der Waals surface area contributed by atoms with Crippen molar-refractivity contribution < 1.29 is 41.0 Å². The molecule has 2 heterocycles. The third-order valence-corrected chi connectivity index (χ3v) is 7.34. The summed E-state index contributed by atoms with van der Waals surface area (Å²) >= 11 is 0. The summed E-state index contributed by atoms with van der Waals surface area (Å²) in [7, 11) is -3.15. The predicted molar refractivity (Wildman–Crippen MR) is 93.8 cm³/mol. The number of rotatable bonds is 4. The van der Waals surface area contributed by atoms with Crippen LogP contribution in [0, 0.1) is 0 Å². The van der Waals surface area contributed by atoms with Crippen LogP contribution in [0.5, 0.6) is 5.75 Å². The Morgan fingerprint density at radius 1 is 1.28 bits per heavy atom. The highest BCUT2D eigenvalue weighted by Crippen LogP contribution is 2.39. The second-order valence-corrected chi connectivity index (χ2v) is 9.15. The number of sulfonamides is 1. The third-order valence-electron chi connectivity index (χ3n) is 4.92. The Balaban J connectivity index is 0.000000298. The van der Waals surface area contributed by atoms with E-state index in [9.17, 15) is 21.6 Å². The van der Waals surface area contributed by atoms with Crippen LogP contribution in [0.15, 0.2) is 24.5 Å². The highest BCUT2D eigenvalue weighted by Gasteiger charge is 2.51. The first-order valence-electron chi connectivity index (χ1n) is 9.09. The number of carbonyl (C=O) groups is 1. The van der Waals surface area contributed by atoms with Crippen molar-refractivity contribution in [2.75, 3.05) is 13.2 Å². The van der Waals surface area contributed by atoms with E-state index in [2.05, 4.69) is 4.98 Å². The number of halogens is 3. The number of aliphatic carboxylic acids is 1. The van der Waals surface area contributed by atoms with Crippen molar-refractivity contribution in [2.45, 2.75) is 55.4 Å². The molecule has 1 saturated heterocycles. The molecule has 3 atom stereocenters. The van der Waals surface area contributed by atoms with Gasteiger partial charge in [-0.05, 0) is 37.8 Å². The van der Waals surface area contributed by atoms with E-state index in [4.69, 9.17) is 19.4 Å². The summed E-state index contributed by atoms with van der Waals surface area (Å²) in [5.74, 6) is -2.05. The fourth-order valence-corrected chi connectivity index (χ4v) is 5.52. The zero-order valence-electron chi connectivity index (χ0n) is 15.3. The first kappa shape index (κ1) is 21.8. The fourth-order valence-electron chi connectivity index (χ4n) is 3.47. The maximum absolute atomic E-state index is 12.6. The van der Waals surface area contributed by atoms with Gasteiger partial charge in [0, 0.05) is 12.7 Å². The van der Waals surface area contributed by atoms with E-state index >= 15 is 0 Å². The molecule has 0 unspecified atom stereocenters. The van der Waals surface area contributed by atoms with Crippen LogP contribution in [0.1, 0.15) is 25.7 Å². The van der Waals surface area contributed by atoms with Gasteiger partial charge in [0.25, 0.3) is 0 Å². The summed E-state index contributed by atoms with van der Waals surface area (Å²) in [6.07, 6.45) is 1.20. The molecule has 1 aliphatic heterocycles. The van der Waals surface area contributed by atoms with E-state index < -0.39 is 22.2 Å². The zero-order valence-corrected chi connectivity index (χ0v) is 16.1. The van der Waals surface area contributed by atoms with Crippen molar-refractivity contribution in [3.8, 4) is 5.75 Å². The summed E-state index contributed by atoms with van der Waals surface area (Å²) in [5, 5.41) is 6.96. The summed E-state index contributed by atoms with van der Waals surface area (Å²) < 4.78 is 70.4. The lowest BCUT2D eigenvalue weighted by Gasteiger charge is -2.38. The number of ether oxygens (including phenoxy) is 2. The molecule has 4 rings (SSSR count). The summed E-state index contributed by atoms with van der Waals surface area (Å²) in [4.78, 5) is 12.9. The van der Waals surface area contributed by atoms with Crippen molar-refractivity contribution >= 4 is 16.0 Å². The molecule has 8 nitrogen and oxygen atoms in total. The van der Waals surface area contributed by atoms with Crippen molar-refractivity contribution in [3.05, 3.63) is 24.5 Å². The fraction of sp³-hybridized carbons (Fsp3) is 0.647. The van der Waals surface area contributed by atoms with Crippen LogP contribution in [-0.2, 0) is 19.6 Å². The van der Waals surface area contributed by atoms with Gasteiger partial charge in [0.05, 0.1) is 24.1 Å². The average Bonchev–Trinajstić information content (AvgIpc) is 3.45. The second-order valence-electron chi connectivity index (χ2n) is 6.98. The van der Waals surface area contributed by atoms with Gasteiger partial charge in [-0.2, -0.15) is 17.5 Å². The Bertz CT molecular complexity index is 816. The number of carboxylic acid groups (broad SMARTS) is 1. The Kier molecular flexibility index (Phi) is 6.34. The number of morpholine rings is 1. The van der Waals surface area contributed by atoms with Crippen LogP contribution in [0.4, 0.5) is 13.2 Å². The van der Waals surface area contributed by atoms with Gasteiger partial charge >= 0.3 is 12.1 Å². The van der Waals surface area contributed by atoms with E-state index in [1.165, 1.54) is 0 Å². The van der Waals surface area contributed by atoms with E-state index in [1.807, 2.05) is 12.1 Å². The number of pyridine rings is 1. The molecule has 2 saturated carbocycles. The average molecular weight is 438 g/mol. The monoisotopic (exact) mass is 438 g/mol. The van der Waals surface area contributed by atoms with Crippen LogP contribution in [0.3, 0.4) is 0 Å². The molecule has 12 heteroatoms. The molecule has 29 heavy (non-hydrogen) atoms. The standard InChI is InChI=1S/C15H20N2O4S.C2HF3O2/c18-22(19,12-3-4-12)17-8-9-20-15-13(17)5-6-14(15)21-11-2-1-7-16-10-11;3-2(4,5)1(6)7/h1-2,7,10,12-15H,3-6,8-9H2;(H,6,7)/t13-,14+,15+;/m0./s1. The van der Waals surface area contributed by atoms with Crippen LogP contribution < -0.4 is 4.74 Å². The van der Waals surface area contributed by atoms with Crippen LogP contribution in [0.25, 0.3) is 0 Å². The summed E-state index contributed by atoms with van der Waals surface area (Å²) in [6.45, 7) is 0.916. The Labute approximate surface area is 165 Å². The number of hydrogen-bond donors (Lipinski definition) is 1. The summed E-state index contributed by atoms with van der Waals surface area (Å²) in [6, 6.07) is 3.61. The smallest absolute Gasteiger partial charge is 0.486 e. The van der Waals surface area contributed by atoms with E-state index in [0.29, 0.717) is 18.9 Å². The van der Waals surface area contributed by atoms with E-state index in [1.54, 1.807) is 16.7 Å². The largest absolute Gasteiger partial charge is 0.490 e. The lowest BCUT2D eigenvalue weighted by molar-refractivity contribution is -0.192. The van der Waals surface area contributed by atoms with Crippen molar-refractivity contribution in [2.24, 2.45) is 0 Å². The van der Waals surface area contributed by atoms with Gasteiger partial charge in [-0.25, -0.2) is 13.2 Å². The minimum absolute atomic E-state index is 0.0824. The number of hydrogen-bond acceptors (Lipinski definition) is 6. The predicted octanol–water partition coefficient (Wildman–Crippen LogP) is 1.82. The third kappa shape index (κ3) is 5.17. The zero-order chi connectivity index (χ0) is 21.2. The molecule has 162 valence electrons. The quantitative estimate of drug-likeness (QED) is 0.764. The SMILES string of the molecule is O=C(O)C(F)(F)F.O=S(=O)(C1CC1)N1CCO[C@H]2[C@H](Oc3cccnc3)CC[C@@H]21. The number of fused-ring (bicyclic) bond motifs is 1. The van der Waals surface area contributed by atoms with Crippen LogP contribution in [-0.4, -0.2) is 71.6 Å². The molecule has 0 spiro atoms. The normalized spacial score (nSPS) is 27.5. The molecule has 3 fully saturated rings. The second kappa shape index (κ2) is 8.44. The van der Waals surface area contributed by atoms with Gasteiger partial charge in [-0.3, -0.25) is 4.98 Å². The topological polar surface area (TPSA) is 106 Å². The molecule has 0 aromatic carbocycles. The van der Waals surface area contributed by atoms with E-state index in [0.717, 1.165) is 25.7 Å². The molecule has 0 radical (unpaired) electrons. The molecular formula is C17H21F3N2O6S. The van der Waals surface area contributed by atoms with Crippen LogP contribution in [0.2, 0.25) is 0 Å². The van der Waals surface area contributed by atoms with Crippen molar-refractivity contribution in [1.82, 2.24) is 9.29 Å². The highest BCUT2D eigenvalue weighted by molar-refractivity contribution is 7.90. The van der Waals surface area contributed by atoms with Gasteiger partial charge in [0.15, 0.2) is 0 Å². The molecule has 1 aromatic rings. The highest BCUT2D eigenvalue weighted by atomic mass is 32.2. The summed E-state index contributed by atoms with van der Waals surface area (Å²) in [5.41, 5.74) is 0. The maximum atomic E-state index is 12.6. The number of nitrogens with zero attached hydrogens (tertiary/aromatic N) is 2. The molecule has 2 aliphatic carbocycles. The number of carboxylic acids is 1. The Hall–Kier alpha value is -1.92. The number of alkyl halides is 3. The molecule has 1 N–H and O–H groups in total. The molecule has 0 bridgehead atoms. The van der Waals surface area contributed by atoms with Crippen molar-refractivity contribution in [1.29, 1.82) is 0 Å². The van der Waals surface area contributed by atoms with Crippen LogP contribution >= 0.6 is 0 Å². The lowest BCUT2D eigenvalue weighted by Crippen LogP contribution is -2.54. The molecule has 0 amide bonds. The maximum Gasteiger partial charge on any atom is 0.490 e. The minimum atomic E-state index is -5.08. The molecular weight excluding hydrogens is 417 g/mol. The van der Waals surface area contributed by atoms with E-state index in [-0.39, 0.29) is 23.5 Å². The molecule has 1 aromatic heterocycles. The van der Waals surface area contributed by atoms with Gasteiger partial charge in [-0.1, -0.05) is 0 Å².